The van der Waals surface area contributed by atoms with Crippen LogP contribution in [0, 0.1) is 0 Å². The molecule has 0 radical (unpaired) electrons. The first-order valence-corrected chi connectivity index (χ1v) is 4.75. The number of nitrogens with two attached hydrogens (primary N) is 1. The summed E-state index contributed by atoms with van der Waals surface area (Å²) in [6.45, 7) is 2.09. The minimum Gasteiger partial charge on any atom is -0.473 e. The third kappa shape index (κ3) is 5.77. The van der Waals surface area contributed by atoms with Crippen LogP contribution in [0.5, 0.6) is 0 Å². The smallest absolute Gasteiger partial charge is 0.414 e. The second kappa shape index (κ2) is 7.42. The lowest BCUT2D eigenvalue weighted by molar-refractivity contribution is -0.159. The van der Waals surface area contributed by atoms with Crippen molar-refractivity contribution in [3.63, 3.8) is 0 Å². The molecule has 4 N–H and O–H groups in total. The lowest BCUT2D eigenvalue weighted by Crippen LogP contribution is -2.09. The van der Waals surface area contributed by atoms with Gasteiger partial charge < -0.3 is 15.9 Å². The van der Waals surface area contributed by atoms with Crippen LogP contribution < -0.4 is 5.73 Å². The molecule has 0 heterocycles. The molecule has 1 atom stereocenters. The molecule has 0 bridgehead atoms. The molecule has 1 aromatic carbocycles. The van der Waals surface area contributed by atoms with Gasteiger partial charge in [0.15, 0.2) is 0 Å². The van der Waals surface area contributed by atoms with E-state index in [1.165, 1.54) is 5.56 Å². The second-order valence-electron chi connectivity index (χ2n) is 3.04. The Morgan fingerprint density at radius 1 is 1.19 bits per heavy atom. The van der Waals surface area contributed by atoms with Crippen molar-refractivity contribution in [3.05, 3.63) is 35.9 Å². The van der Waals surface area contributed by atoms with Crippen LogP contribution in [0.2, 0.25) is 0 Å². The van der Waals surface area contributed by atoms with Crippen LogP contribution in [-0.4, -0.2) is 22.2 Å². The van der Waals surface area contributed by atoms with Crippen molar-refractivity contribution in [2.45, 2.75) is 19.4 Å². The average Bonchev–Trinajstić information content (AvgIpc) is 2.30. The van der Waals surface area contributed by atoms with Crippen LogP contribution in [0.3, 0.4) is 0 Å². The van der Waals surface area contributed by atoms with Gasteiger partial charge in [0, 0.05) is 6.04 Å². The Morgan fingerprint density at radius 3 is 1.94 bits per heavy atom. The number of benzene rings is 1. The molecular weight excluding hydrogens is 210 g/mol. The first kappa shape index (κ1) is 14.1. The quantitative estimate of drug-likeness (QED) is 0.657. The molecule has 0 aromatic heterocycles. The van der Waals surface area contributed by atoms with Crippen LogP contribution in [-0.2, 0) is 9.59 Å². The second-order valence-corrected chi connectivity index (χ2v) is 3.04. The van der Waals surface area contributed by atoms with Crippen molar-refractivity contribution in [3.8, 4) is 0 Å². The minimum absolute atomic E-state index is 0.209. The molecule has 0 amide bonds. The molecule has 5 heteroatoms. The summed E-state index contributed by atoms with van der Waals surface area (Å²) in [5.41, 5.74) is 7.02. The Labute approximate surface area is 93.5 Å². The van der Waals surface area contributed by atoms with Gasteiger partial charge in [0.05, 0.1) is 0 Å². The molecule has 0 aliphatic rings. The monoisotopic (exact) mass is 225 g/mol. The summed E-state index contributed by atoms with van der Waals surface area (Å²) in [4.78, 5) is 18.2. The molecule has 1 unspecified atom stereocenters. The fourth-order valence-electron chi connectivity index (χ4n) is 0.936. The van der Waals surface area contributed by atoms with E-state index in [0.717, 1.165) is 6.42 Å². The topological polar surface area (TPSA) is 101 Å². The number of rotatable bonds is 2. The summed E-state index contributed by atoms with van der Waals surface area (Å²) in [7, 11) is 0. The van der Waals surface area contributed by atoms with Crippen molar-refractivity contribution >= 4 is 11.9 Å². The van der Waals surface area contributed by atoms with Crippen molar-refractivity contribution in [2.75, 3.05) is 0 Å². The number of carboxylic acid groups (broad SMARTS) is 2. The van der Waals surface area contributed by atoms with Crippen molar-refractivity contribution in [2.24, 2.45) is 5.73 Å². The van der Waals surface area contributed by atoms with Gasteiger partial charge >= 0.3 is 11.9 Å². The van der Waals surface area contributed by atoms with E-state index < -0.39 is 11.9 Å². The van der Waals surface area contributed by atoms with E-state index in [9.17, 15) is 0 Å². The van der Waals surface area contributed by atoms with Gasteiger partial charge in [0.1, 0.15) is 0 Å². The largest absolute Gasteiger partial charge is 0.473 e. The van der Waals surface area contributed by atoms with E-state index in [1.54, 1.807) is 0 Å². The van der Waals surface area contributed by atoms with Gasteiger partial charge in [0.2, 0.25) is 0 Å². The molecule has 0 spiro atoms. The highest BCUT2D eigenvalue weighted by Crippen LogP contribution is 2.11. The number of aliphatic carboxylic acids is 2. The molecule has 0 aliphatic heterocycles. The third-order valence-corrected chi connectivity index (χ3v) is 1.85. The number of hydrogen-bond donors (Lipinski definition) is 3. The Morgan fingerprint density at radius 2 is 1.62 bits per heavy atom. The maximum atomic E-state index is 9.10. The molecule has 1 rings (SSSR count). The number of hydrogen-bond acceptors (Lipinski definition) is 3. The number of carbonyl (C=O) groups is 2. The zero-order valence-corrected chi connectivity index (χ0v) is 8.96. The Hall–Kier alpha value is -1.88. The fourth-order valence-corrected chi connectivity index (χ4v) is 0.936. The Balaban J connectivity index is 0.000000325. The zero-order chi connectivity index (χ0) is 12.6. The predicted octanol–water partition coefficient (Wildman–Crippen LogP) is 1.25. The van der Waals surface area contributed by atoms with Crippen molar-refractivity contribution < 1.29 is 19.8 Å². The predicted molar refractivity (Wildman–Crippen MR) is 58.9 cm³/mol. The molecule has 0 saturated heterocycles. The summed E-state index contributed by atoms with van der Waals surface area (Å²) in [6, 6.07) is 10.4. The van der Waals surface area contributed by atoms with E-state index in [4.69, 9.17) is 25.5 Å². The lowest BCUT2D eigenvalue weighted by Gasteiger charge is -2.06. The Kier molecular flexibility index (Phi) is 6.55. The summed E-state index contributed by atoms with van der Waals surface area (Å²) in [5, 5.41) is 14.8. The van der Waals surface area contributed by atoms with Gasteiger partial charge in [-0.15, -0.1) is 0 Å². The zero-order valence-electron chi connectivity index (χ0n) is 8.96. The maximum Gasteiger partial charge on any atom is 0.414 e. The standard InChI is InChI=1S/C9H13N.C2H2O4/c1-2-9(10)8-6-4-3-5-7-8;3-1(4)2(5)6/h3-7,9H,2,10H2,1H3;(H,3,4)(H,5,6). The fraction of sp³-hybridized carbons (Fsp3) is 0.273. The highest BCUT2D eigenvalue weighted by Gasteiger charge is 2.04. The van der Waals surface area contributed by atoms with Crippen LogP contribution >= 0.6 is 0 Å². The highest BCUT2D eigenvalue weighted by atomic mass is 16.4. The molecule has 16 heavy (non-hydrogen) atoms. The van der Waals surface area contributed by atoms with E-state index in [1.807, 2.05) is 18.2 Å². The lowest BCUT2D eigenvalue weighted by atomic mass is 10.1. The highest BCUT2D eigenvalue weighted by molar-refractivity contribution is 6.27. The van der Waals surface area contributed by atoms with E-state index in [-0.39, 0.29) is 6.04 Å². The normalized spacial score (nSPS) is 10.9. The maximum absolute atomic E-state index is 9.10. The summed E-state index contributed by atoms with van der Waals surface area (Å²) < 4.78 is 0. The van der Waals surface area contributed by atoms with Crippen LogP contribution in [0.1, 0.15) is 24.9 Å². The van der Waals surface area contributed by atoms with Gasteiger partial charge in [-0.2, -0.15) is 0 Å². The van der Waals surface area contributed by atoms with Crippen LogP contribution in [0.15, 0.2) is 30.3 Å². The molecular formula is C11H15NO4. The minimum atomic E-state index is -1.82. The molecule has 5 nitrogen and oxygen atoms in total. The van der Waals surface area contributed by atoms with Gasteiger partial charge in [0.25, 0.3) is 0 Å². The summed E-state index contributed by atoms with van der Waals surface area (Å²) >= 11 is 0. The van der Waals surface area contributed by atoms with Crippen molar-refractivity contribution in [1.29, 1.82) is 0 Å². The van der Waals surface area contributed by atoms with E-state index >= 15 is 0 Å². The first-order valence-electron chi connectivity index (χ1n) is 4.75. The van der Waals surface area contributed by atoms with Crippen molar-refractivity contribution in [1.82, 2.24) is 0 Å². The van der Waals surface area contributed by atoms with Gasteiger partial charge in [-0.05, 0) is 12.0 Å². The van der Waals surface area contributed by atoms with Gasteiger partial charge in [-0.25, -0.2) is 9.59 Å². The van der Waals surface area contributed by atoms with Gasteiger partial charge in [-0.1, -0.05) is 37.3 Å². The summed E-state index contributed by atoms with van der Waals surface area (Å²) in [6.07, 6.45) is 1.00. The van der Waals surface area contributed by atoms with E-state index in [2.05, 4.69) is 19.1 Å². The van der Waals surface area contributed by atoms with Crippen LogP contribution in [0.4, 0.5) is 0 Å². The van der Waals surface area contributed by atoms with E-state index in [0.29, 0.717) is 0 Å². The SMILES string of the molecule is CCC(N)c1ccccc1.O=C(O)C(=O)O. The van der Waals surface area contributed by atoms with Gasteiger partial charge in [-0.3, -0.25) is 0 Å². The Bertz CT molecular complexity index is 325. The molecule has 0 saturated carbocycles. The first-order chi connectivity index (χ1) is 7.49. The third-order valence-electron chi connectivity index (χ3n) is 1.85. The molecule has 1 aromatic rings. The number of carboxylic acids is 2. The molecule has 0 aliphatic carbocycles. The molecule has 0 fully saturated rings. The molecule has 88 valence electrons. The average molecular weight is 225 g/mol. The van der Waals surface area contributed by atoms with Crippen LogP contribution in [0.25, 0.3) is 0 Å². The summed E-state index contributed by atoms with van der Waals surface area (Å²) in [5.74, 6) is -3.65.